The van der Waals surface area contributed by atoms with Crippen LogP contribution in [0, 0.1) is 0 Å². The van der Waals surface area contributed by atoms with Gasteiger partial charge in [-0.1, -0.05) is 76.2 Å². The fourth-order valence-corrected chi connectivity index (χ4v) is 7.99. The fourth-order valence-electron chi connectivity index (χ4n) is 5.94. The molecule has 1 N–H and O–H groups in total. The van der Waals surface area contributed by atoms with Crippen LogP contribution in [0.1, 0.15) is 23.6 Å². The highest BCUT2D eigenvalue weighted by Crippen LogP contribution is 2.24. The Hall–Kier alpha value is -3.43. The quantitative estimate of drug-likeness (QED) is 0.0827. The van der Waals surface area contributed by atoms with Crippen molar-refractivity contribution in [1.82, 2.24) is 15.1 Å². The lowest BCUT2D eigenvalue weighted by molar-refractivity contribution is -0.671. The molecule has 2 aromatic carbocycles. The van der Waals surface area contributed by atoms with Gasteiger partial charge in [0.1, 0.15) is 7.05 Å². The van der Waals surface area contributed by atoms with Gasteiger partial charge in [0.05, 0.1) is 0 Å². The summed E-state index contributed by atoms with van der Waals surface area (Å²) in [5.74, 6) is 2.40. The first-order chi connectivity index (χ1) is 23.6. The minimum absolute atomic E-state index is 1.10. The van der Waals surface area contributed by atoms with Crippen molar-refractivity contribution in [3.63, 3.8) is 0 Å². The minimum Gasteiger partial charge on any atom is -0.394 e. The molecule has 0 saturated carbocycles. The smallest absolute Gasteiger partial charge is 0.169 e. The van der Waals surface area contributed by atoms with Gasteiger partial charge in [0.25, 0.3) is 0 Å². The fraction of sp³-hybridized carbons (Fsp3) is 0.375. The van der Waals surface area contributed by atoms with E-state index in [1.807, 2.05) is 41.9 Å². The van der Waals surface area contributed by atoms with E-state index < -0.39 is 0 Å². The highest BCUT2D eigenvalue weighted by molar-refractivity contribution is 8.76. The summed E-state index contributed by atoms with van der Waals surface area (Å²) in [5.41, 5.74) is 7.55. The summed E-state index contributed by atoms with van der Waals surface area (Å²) in [4.78, 5) is 10.3. The van der Waals surface area contributed by atoms with Crippen LogP contribution in [-0.4, -0.2) is 93.8 Å². The zero-order chi connectivity index (χ0) is 33.4. The summed E-state index contributed by atoms with van der Waals surface area (Å²) in [6, 6.07) is 22.3. The molecule has 1 aromatic heterocycles. The standard InChI is InChI=1S/C40H53N6S2/c1-4-35(17-20-41-2)5-6-36-9-13-39(14-10-36)45-27-23-43(24-28-45)31-33-47-48-34-32-44-25-29-46(30-26-44)40-15-11-37(12-16-40)7-8-38-18-21-42(3)22-19-38/h4-22,41H,23-34H2,1-3H3/q+1/b6-5+,20-17-,35-4-. The Morgan fingerprint density at radius 2 is 1.10 bits per heavy atom. The molecule has 0 unspecified atom stereocenters. The van der Waals surface area contributed by atoms with Gasteiger partial charge < -0.3 is 15.1 Å². The van der Waals surface area contributed by atoms with Crippen molar-refractivity contribution in [1.29, 1.82) is 0 Å². The van der Waals surface area contributed by atoms with E-state index in [9.17, 15) is 0 Å². The number of hydrogen-bond donors (Lipinski definition) is 1. The molecular formula is C40H53N6S2+. The summed E-state index contributed by atoms with van der Waals surface area (Å²) in [6.07, 6.45) is 19.0. The number of anilines is 2. The number of pyridine rings is 1. The number of aryl methyl sites for hydroxylation is 1. The lowest BCUT2D eigenvalue weighted by Crippen LogP contribution is -2.47. The second-order valence-electron chi connectivity index (χ2n) is 12.4. The topological polar surface area (TPSA) is 28.9 Å². The first kappa shape index (κ1) is 35.9. The average molecular weight is 682 g/mol. The first-order valence-corrected chi connectivity index (χ1v) is 19.8. The SMILES string of the molecule is C/C=C(\C=C/NC)/C=C/c1ccc(N2CCN(CCSSCCN3CCN(c4ccc(/C=C/c5cc[n+](C)cc5)cc4)CC3)CC2)cc1. The predicted octanol–water partition coefficient (Wildman–Crippen LogP) is 6.70. The molecule has 3 heterocycles. The second-order valence-corrected chi connectivity index (χ2v) is 15.1. The van der Waals surface area contributed by atoms with Gasteiger partial charge in [0.2, 0.25) is 0 Å². The van der Waals surface area contributed by atoms with Crippen molar-refractivity contribution in [2.75, 3.05) is 93.8 Å². The van der Waals surface area contributed by atoms with E-state index in [1.54, 1.807) is 0 Å². The number of benzene rings is 2. The van der Waals surface area contributed by atoms with Crippen LogP contribution >= 0.6 is 21.6 Å². The maximum Gasteiger partial charge on any atom is 0.169 e. The summed E-state index contributed by atoms with van der Waals surface area (Å²) < 4.78 is 2.06. The van der Waals surface area contributed by atoms with Crippen molar-refractivity contribution >= 4 is 51.2 Å². The maximum absolute atomic E-state index is 3.05. The number of piperazine rings is 2. The van der Waals surface area contributed by atoms with Crippen LogP contribution in [0.3, 0.4) is 0 Å². The van der Waals surface area contributed by atoms with Gasteiger partial charge in [0.15, 0.2) is 12.4 Å². The molecule has 2 aliphatic heterocycles. The van der Waals surface area contributed by atoms with Crippen LogP contribution in [-0.2, 0) is 7.05 Å². The summed E-state index contributed by atoms with van der Waals surface area (Å²) in [7, 11) is 8.06. The van der Waals surface area contributed by atoms with Crippen LogP contribution in [0.2, 0.25) is 0 Å². The Bertz CT molecular complexity index is 1480. The number of aromatic nitrogens is 1. The molecule has 0 atom stereocenters. The van der Waals surface area contributed by atoms with E-state index in [0.29, 0.717) is 0 Å². The molecule has 0 radical (unpaired) electrons. The Labute approximate surface area is 297 Å². The van der Waals surface area contributed by atoms with Crippen molar-refractivity contribution in [2.45, 2.75) is 6.92 Å². The number of nitrogens with zero attached hydrogens (tertiary/aromatic N) is 5. The van der Waals surface area contributed by atoms with Gasteiger partial charge in [-0.05, 0) is 65.7 Å². The van der Waals surface area contributed by atoms with Crippen LogP contribution < -0.4 is 19.7 Å². The van der Waals surface area contributed by atoms with Crippen molar-refractivity contribution in [3.8, 4) is 0 Å². The predicted molar refractivity (Wildman–Crippen MR) is 213 cm³/mol. The van der Waals surface area contributed by atoms with Gasteiger partial charge >= 0.3 is 0 Å². The monoisotopic (exact) mass is 681 g/mol. The van der Waals surface area contributed by atoms with E-state index in [2.05, 4.69) is 146 Å². The van der Waals surface area contributed by atoms with E-state index in [0.717, 1.165) is 52.4 Å². The molecule has 0 spiro atoms. The number of allylic oxidation sites excluding steroid dienone is 4. The van der Waals surface area contributed by atoms with Gasteiger partial charge in [0, 0.05) is 108 Å². The summed E-state index contributed by atoms with van der Waals surface area (Å²) in [5, 5.41) is 3.05. The van der Waals surface area contributed by atoms with E-state index in [4.69, 9.17) is 0 Å². The maximum atomic E-state index is 3.05. The highest BCUT2D eigenvalue weighted by atomic mass is 33.1. The lowest BCUT2D eigenvalue weighted by atomic mass is 10.1. The molecule has 8 heteroatoms. The Morgan fingerprint density at radius 1 is 0.646 bits per heavy atom. The lowest BCUT2D eigenvalue weighted by Gasteiger charge is -2.36. The van der Waals surface area contributed by atoms with Gasteiger partial charge in [-0.2, -0.15) is 0 Å². The Morgan fingerprint density at radius 3 is 1.56 bits per heavy atom. The van der Waals surface area contributed by atoms with Crippen molar-refractivity contribution in [2.24, 2.45) is 7.05 Å². The van der Waals surface area contributed by atoms with Crippen LogP contribution in [0.15, 0.2) is 103 Å². The zero-order valence-electron chi connectivity index (χ0n) is 29.0. The third kappa shape index (κ3) is 11.6. The number of rotatable bonds is 15. The van der Waals surface area contributed by atoms with Gasteiger partial charge in [-0.3, -0.25) is 9.80 Å². The zero-order valence-corrected chi connectivity index (χ0v) is 30.6. The largest absolute Gasteiger partial charge is 0.394 e. The molecule has 0 amide bonds. The molecule has 6 nitrogen and oxygen atoms in total. The van der Waals surface area contributed by atoms with Crippen LogP contribution in [0.4, 0.5) is 11.4 Å². The van der Waals surface area contributed by atoms with Gasteiger partial charge in [-0.15, -0.1) is 0 Å². The second kappa shape index (κ2) is 19.5. The molecule has 5 rings (SSSR count). The van der Waals surface area contributed by atoms with Crippen LogP contribution in [0.25, 0.3) is 18.2 Å². The average Bonchev–Trinajstić information content (AvgIpc) is 3.14. The van der Waals surface area contributed by atoms with E-state index >= 15 is 0 Å². The molecule has 2 saturated heterocycles. The van der Waals surface area contributed by atoms with Crippen molar-refractivity contribution < 1.29 is 4.57 Å². The molecular weight excluding hydrogens is 629 g/mol. The Balaban J connectivity index is 0.909. The third-order valence-corrected chi connectivity index (χ3v) is 11.4. The molecule has 2 aliphatic rings. The number of hydrogen-bond acceptors (Lipinski definition) is 7. The van der Waals surface area contributed by atoms with Crippen LogP contribution in [0.5, 0.6) is 0 Å². The van der Waals surface area contributed by atoms with Gasteiger partial charge in [-0.25, -0.2) is 4.57 Å². The summed E-state index contributed by atoms with van der Waals surface area (Å²) >= 11 is 0. The minimum atomic E-state index is 1.10. The molecule has 254 valence electrons. The van der Waals surface area contributed by atoms with Crippen molar-refractivity contribution in [3.05, 3.63) is 120 Å². The summed E-state index contributed by atoms with van der Waals surface area (Å²) in [6.45, 7) is 13.4. The Kier molecular flexibility index (Phi) is 14.6. The highest BCUT2D eigenvalue weighted by Gasteiger charge is 2.18. The molecule has 3 aromatic rings. The molecule has 2 fully saturated rings. The van der Waals surface area contributed by atoms with E-state index in [-0.39, 0.29) is 0 Å². The van der Waals surface area contributed by atoms with E-state index in [1.165, 1.54) is 58.2 Å². The number of nitrogens with one attached hydrogen (secondary N) is 1. The normalized spacial score (nSPS) is 16.9. The molecule has 0 bridgehead atoms. The first-order valence-electron chi connectivity index (χ1n) is 17.3. The molecule has 0 aliphatic carbocycles. The molecule has 48 heavy (non-hydrogen) atoms. The third-order valence-electron chi connectivity index (χ3n) is 9.04.